The molecule has 0 aromatic heterocycles. The van der Waals surface area contributed by atoms with Crippen molar-refractivity contribution in [2.24, 2.45) is 5.73 Å². The Morgan fingerprint density at radius 2 is 1.81 bits per heavy atom. The summed E-state index contributed by atoms with van der Waals surface area (Å²) in [5, 5.41) is 7.89. The first-order valence-corrected chi connectivity index (χ1v) is 6.87. The lowest BCUT2D eigenvalue weighted by Gasteiger charge is -2.13. The molecule has 1 saturated heterocycles. The molecular weight excluding hydrogens is 272 g/mol. The standard InChI is InChI=1S/C14H20N4O3/c1-16-14(20)18-10-4-2-9(3-5-10)17-13(19)12-7-6-11(8-15)21-12/h2-5,11-12H,6-8,15H2,1H3,(H,17,19)(H2,16,18,20). The van der Waals surface area contributed by atoms with Gasteiger partial charge in [-0.25, -0.2) is 4.79 Å². The zero-order valence-corrected chi connectivity index (χ0v) is 11.9. The van der Waals surface area contributed by atoms with E-state index in [0.717, 1.165) is 6.42 Å². The predicted molar refractivity (Wildman–Crippen MR) is 80.1 cm³/mol. The fraction of sp³-hybridized carbons (Fsp3) is 0.429. The second kappa shape index (κ2) is 7.05. The van der Waals surface area contributed by atoms with Crippen LogP contribution >= 0.6 is 0 Å². The number of carbonyl (C=O) groups is 2. The zero-order chi connectivity index (χ0) is 15.2. The van der Waals surface area contributed by atoms with Crippen molar-refractivity contribution in [1.29, 1.82) is 0 Å². The minimum atomic E-state index is -0.442. The summed E-state index contributed by atoms with van der Waals surface area (Å²) in [4.78, 5) is 23.2. The maximum Gasteiger partial charge on any atom is 0.318 e. The zero-order valence-electron chi connectivity index (χ0n) is 11.9. The van der Waals surface area contributed by atoms with E-state index in [1.807, 2.05) is 0 Å². The number of nitrogens with one attached hydrogen (secondary N) is 3. The number of hydrogen-bond donors (Lipinski definition) is 4. The van der Waals surface area contributed by atoms with Crippen molar-refractivity contribution in [3.05, 3.63) is 24.3 Å². The molecule has 21 heavy (non-hydrogen) atoms. The van der Waals surface area contributed by atoms with Crippen LogP contribution in [-0.2, 0) is 9.53 Å². The fourth-order valence-corrected chi connectivity index (χ4v) is 2.13. The van der Waals surface area contributed by atoms with Gasteiger partial charge >= 0.3 is 6.03 Å². The summed E-state index contributed by atoms with van der Waals surface area (Å²) >= 11 is 0. The van der Waals surface area contributed by atoms with Crippen molar-refractivity contribution >= 4 is 23.3 Å². The molecule has 3 amide bonds. The molecule has 0 radical (unpaired) electrons. The molecule has 0 aliphatic carbocycles. The highest BCUT2D eigenvalue weighted by molar-refractivity contribution is 5.95. The molecule has 1 heterocycles. The second-order valence-corrected chi connectivity index (χ2v) is 4.83. The highest BCUT2D eigenvalue weighted by Crippen LogP contribution is 2.21. The number of carbonyl (C=O) groups excluding carboxylic acids is 2. The summed E-state index contributed by atoms with van der Waals surface area (Å²) in [6.45, 7) is 0.434. The quantitative estimate of drug-likeness (QED) is 0.661. The van der Waals surface area contributed by atoms with Crippen LogP contribution in [0.3, 0.4) is 0 Å². The summed E-state index contributed by atoms with van der Waals surface area (Å²) in [5.41, 5.74) is 6.82. The van der Waals surface area contributed by atoms with Gasteiger partial charge in [0.2, 0.25) is 0 Å². The summed E-state index contributed by atoms with van der Waals surface area (Å²) < 4.78 is 5.53. The lowest BCUT2D eigenvalue weighted by molar-refractivity contribution is -0.126. The van der Waals surface area contributed by atoms with E-state index < -0.39 is 6.10 Å². The Bertz CT molecular complexity index is 503. The Morgan fingerprint density at radius 3 is 2.33 bits per heavy atom. The van der Waals surface area contributed by atoms with E-state index in [-0.39, 0.29) is 18.0 Å². The molecule has 1 aliphatic heterocycles. The van der Waals surface area contributed by atoms with Crippen LogP contribution < -0.4 is 21.7 Å². The van der Waals surface area contributed by atoms with Crippen molar-refractivity contribution < 1.29 is 14.3 Å². The minimum absolute atomic E-state index is 0.0279. The smallest absolute Gasteiger partial charge is 0.318 e. The maximum absolute atomic E-state index is 12.0. The summed E-state index contributed by atoms with van der Waals surface area (Å²) in [6, 6.07) is 6.57. The Balaban J connectivity index is 1.88. The highest BCUT2D eigenvalue weighted by atomic mass is 16.5. The Hall–Kier alpha value is -2.12. The minimum Gasteiger partial charge on any atom is -0.364 e. The van der Waals surface area contributed by atoms with Crippen molar-refractivity contribution in [3.8, 4) is 0 Å². The van der Waals surface area contributed by atoms with Gasteiger partial charge < -0.3 is 26.4 Å². The summed E-state index contributed by atoms with van der Waals surface area (Å²) in [6.07, 6.45) is 1.02. The van der Waals surface area contributed by atoms with Gasteiger partial charge in [-0.15, -0.1) is 0 Å². The van der Waals surface area contributed by atoms with Gasteiger partial charge in [-0.2, -0.15) is 0 Å². The third kappa shape index (κ3) is 4.17. The van der Waals surface area contributed by atoms with E-state index in [1.165, 1.54) is 0 Å². The van der Waals surface area contributed by atoms with Crippen molar-refractivity contribution in [2.45, 2.75) is 25.0 Å². The van der Waals surface area contributed by atoms with Gasteiger partial charge in [-0.05, 0) is 37.1 Å². The molecule has 1 aromatic carbocycles. The molecule has 2 atom stereocenters. The van der Waals surface area contributed by atoms with Crippen LogP contribution in [0.1, 0.15) is 12.8 Å². The van der Waals surface area contributed by atoms with E-state index in [4.69, 9.17) is 10.5 Å². The lowest BCUT2D eigenvalue weighted by atomic mass is 10.2. The number of hydrogen-bond acceptors (Lipinski definition) is 4. The van der Waals surface area contributed by atoms with Gasteiger partial charge in [0.05, 0.1) is 6.10 Å². The number of rotatable bonds is 4. The Kier molecular flexibility index (Phi) is 5.13. The average Bonchev–Trinajstić information content (AvgIpc) is 2.98. The normalized spacial score (nSPS) is 20.9. The largest absolute Gasteiger partial charge is 0.364 e. The first-order chi connectivity index (χ1) is 10.1. The molecule has 2 rings (SSSR count). The molecule has 2 unspecified atom stereocenters. The second-order valence-electron chi connectivity index (χ2n) is 4.83. The summed E-state index contributed by atoms with van der Waals surface area (Å²) in [7, 11) is 1.54. The van der Waals surface area contributed by atoms with Gasteiger partial charge in [-0.1, -0.05) is 0 Å². The molecule has 0 bridgehead atoms. The summed E-state index contributed by atoms with van der Waals surface area (Å²) in [5.74, 6) is -0.169. The van der Waals surface area contributed by atoms with Crippen LogP contribution in [0.2, 0.25) is 0 Å². The van der Waals surface area contributed by atoms with E-state index in [0.29, 0.717) is 24.3 Å². The predicted octanol–water partition coefficient (Wildman–Crippen LogP) is 0.883. The molecule has 1 fully saturated rings. The number of benzene rings is 1. The average molecular weight is 292 g/mol. The highest BCUT2D eigenvalue weighted by Gasteiger charge is 2.29. The van der Waals surface area contributed by atoms with Crippen LogP contribution in [0.15, 0.2) is 24.3 Å². The first-order valence-electron chi connectivity index (χ1n) is 6.87. The van der Waals surface area contributed by atoms with Gasteiger partial charge in [0.1, 0.15) is 6.10 Å². The molecular formula is C14H20N4O3. The first kappa shape index (κ1) is 15.3. The molecule has 7 nitrogen and oxygen atoms in total. The van der Waals surface area contributed by atoms with Crippen LogP contribution in [0, 0.1) is 0 Å². The van der Waals surface area contributed by atoms with Gasteiger partial charge in [0.15, 0.2) is 0 Å². The topological polar surface area (TPSA) is 105 Å². The molecule has 0 spiro atoms. The van der Waals surface area contributed by atoms with E-state index in [1.54, 1.807) is 31.3 Å². The molecule has 114 valence electrons. The molecule has 0 saturated carbocycles. The van der Waals surface area contributed by atoms with Crippen LogP contribution in [0.5, 0.6) is 0 Å². The van der Waals surface area contributed by atoms with Gasteiger partial charge in [-0.3, -0.25) is 4.79 Å². The number of anilines is 2. The van der Waals surface area contributed by atoms with E-state index >= 15 is 0 Å². The molecule has 7 heteroatoms. The fourth-order valence-electron chi connectivity index (χ4n) is 2.13. The van der Waals surface area contributed by atoms with Crippen LogP contribution in [0.25, 0.3) is 0 Å². The Labute approximate surface area is 123 Å². The number of ether oxygens (including phenoxy) is 1. The molecule has 5 N–H and O–H groups in total. The van der Waals surface area contributed by atoms with E-state index in [2.05, 4.69) is 16.0 Å². The molecule has 1 aromatic rings. The lowest BCUT2D eigenvalue weighted by Crippen LogP contribution is -2.29. The maximum atomic E-state index is 12.0. The Morgan fingerprint density at radius 1 is 1.19 bits per heavy atom. The third-order valence-electron chi connectivity index (χ3n) is 3.30. The molecule has 1 aliphatic rings. The number of amides is 3. The van der Waals surface area contributed by atoms with Crippen LogP contribution in [-0.4, -0.2) is 37.7 Å². The van der Waals surface area contributed by atoms with Gasteiger partial charge in [0, 0.05) is 25.0 Å². The van der Waals surface area contributed by atoms with Crippen molar-refractivity contribution in [3.63, 3.8) is 0 Å². The van der Waals surface area contributed by atoms with E-state index in [9.17, 15) is 9.59 Å². The third-order valence-corrected chi connectivity index (χ3v) is 3.30. The SMILES string of the molecule is CNC(=O)Nc1ccc(NC(=O)C2CCC(CN)O2)cc1. The monoisotopic (exact) mass is 292 g/mol. The van der Waals surface area contributed by atoms with Crippen LogP contribution in [0.4, 0.5) is 16.2 Å². The number of nitrogens with two attached hydrogens (primary N) is 1. The number of urea groups is 1. The van der Waals surface area contributed by atoms with Crippen molar-refractivity contribution in [2.75, 3.05) is 24.2 Å². The van der Waals surface area contributed by atoms with Gasteiger partial charge in [0.25, 0.3) is 5.91 Å². The van der Waals surface area contributed by atoms with Crippen molar-refractivity contribution in [1.82, 2.24) is 5.32 Å².